The van der Waals surface area contributed by atoms with Crippen molar-refractivity contribution in [1.29, 1.82) is 0 Å². The second kappa shape index (κ2) is 5.51. The Bertz CT molecular complexity index is 532. The van der Waals surface area contributed by atoms with E-state index in [9.17, 15) is 0 Å². The number of nitrogens with two attached hydrogens (primary N) is 1. The minimum atomic E-state index is -0.0969. The van der Waals surface area contributed by atoms with Gasteiger partial charge in [0, 0.05) is 18.4 Å². The molecule has 1 heterocycles. The van der Waals surface area contributed by atoms with Crippen LogP contribution >= 0.6 is 11.6 Å². The fourth-order valence-corrected chi connectivity index (χ4v) is 2.45. The van der Waals surface area contributed by atoms with E-state index in [1.165, 1.54) is 16.7 Å². The van der Waals surface area contributed by atoms with Crippen molar-refractivity contribution in [2.75, 3.05) is 0 Å². The molecule has 1 aromatic carbocycles. The molecule has 94 valence electrons. The molecule has 3 heteroatoms. The van der Waals surface area contributed by atoms with Crippen molar-refractivity contribution >= 4 is 11.6 Å². The quantitative estimate of drug-likeness (QED) is 0.916. The van der Waals surface area contributed by atoms with Gasteiger partial charge in [-0.05, 0) is 48.6 Å². The zero-order chi connectivity index (χ0) is 13.1. The van der Waals surface area contributed by atoms with Gasteiger partial charge in [0.1, 0.15) is 0 Å². The van der Waals surface area contributed by atoms with Crippen LogP contribution in [0.3, 0.4) is 0 Å². The summed E-state index contributed by atoms with van der Waals surface area (Å²) in [6.45, 7) is 4.23. The second-order valence-corrected chi connectivity index (χ2v) is 4.99. The molecular formula is C15H17ClN2. The van der Waals surface area contributed by atoms with E-state index in [-0.39, 0.29) is 6.04 Å². The van der Waals surface area contributed by atoms with Gasteiger partial charge in [0.25, 0.3) is 0 Å². The van der Waals surface area contributed by atoms with Crippen molar-refractivity contribution in [1.82, 2.24) is 4.98 Å². The van der Waals surface area contributed by atoms with E-state index in [4.69, 9.17) is 17.3 Å². The third-order valence-electron chi connectivity index (χ3n) is 3.27. The number of benzene rings is 1. The lowest BCUT2D eigenvalue weighted by molar-refractivity contribution is 0.714. The zero-order valence-corrected chi connectivity index (χ0v) is 11.4. The highest BCUT2D eigenvalue weighted by Crippen LogP contribution is 2.25. The molecule has 1 unspecified atom stereocenters. The van der Waals surface area contributed by atoms with E-state index < -0.39 is 0 Å². The van der Waals surface area contributed by atoms with Crippen LogP contribution in [-0.2, 0) is 6.42 Å². The van der Waals surface area contributed by atoms with Crippen LogP contribution in [0.1, 0.15) is 28.3 Å². The molecule has 1 atom stereocenters. The lowest BCUT2D eigenvalue weighted by Gasteiger charge is -2.16. The molecule has 0 spiro atoms. The minimum Gasteiger partial charge on any atom is -0.324 e. The van der Waals surface area contributed by atoms with E-state index in [1.54, 1.807) is 12.4 Å². The number of halogens is 1. The molecule has 0 radical (unpaired) electrons. The maximum Gasteiger partial charge on any atom is 0.0637 e. The molecule has 0 fully saturated rings. The van der Waals surface area contributed by atoms with Crippen LogP contribution in [0.25, 0.3) is 0 Å². The van der Waals surface area contributed by atoms with Crippen molar-refractivity contribution in [3.8, 4) is 0 Å². The van der Waals surface area contributed by atoms with Crippen molar-refractivity contribution in [3.05, 3.63) is 63.9 Å². The van der Waals surface area contributed by atoms with E-state index in [2.05, 4.69) is 37.0 Å². The summed E-state index contributed by atoms with van der Waals surface area (Å²) in [6.07, 6.45) is 4.16. The fraction of sp³-hybridized carbons (Fsp3) is 0.267. The molecule has 0 bridgehead atoms. The Morgan fingerprint density at radius 2 is 1.89 bits per heavy atom. The van der Waals surface area contributed by atoms with Crippen molar-refractivity contribution in [2.45, 2.75) is 26.3 Å². The lowest BCUT2D eigenvalue weighted by atomic mass is 9.94. The van der Waals surface area contributed by atoms with E-state index in [0.717, 1.165) is 12.0 Å². The first-order valence-corrected chi connectivity index (χ1v) is 6.37. The van der Waals surface area contributed by atoms with Crippen LogP contribution in [0.2, 0.25) is 5.02 Å². The number of pyridine rings is 1. The summed E-state index contributed by atoms with van der Waals surface area (Å²) < 4.78 is 0. The van der Waals surface area contributed by atoms with Crippen LogP contribution in [0, 0.1) is 13.8 Å². The summed E-state index contributed by atoms with van der Waals surface area (Å²) in [4.78, 5) is 3.98. The number of aryl methyl sites for hydroxylation is 2. The monoisotopic (exact) mass is 260 g/mol. The molecule has 0 amide bonds. The molecule has 0 saturated carbocycles. The predicted octanol–water partition coefficient (Wildman–Crippen LogP) is 3.59. The number of hydrogen-bond donors (Lipinski definition) is 1. The Morgan fingerprint density at radius 3 is 2.50 bits per heavy atom. The van der Waals surface area contributed by atoms with Gasteiger partial charge >= 0.3 is 0 Å². The van der Waals surface area contributed by atoms with E-state index >= 15 is 0 Å². The Kier molecular flexibility index (Phi) is 4.00. The van der Waals surface area contributed by atoms with Crippen LogP contribution < -0.4 is 5.73 Å². The van der Waals surface area contributed by atoms with Gasteiger partial charge in [-0.25, -0.2) is 0 Å². The zero-order valence-electron chi connectivity index (χ0n) is 10.7. The first kappa shape index (κ1) is 13.1. The number of rotatable bonds is 3. The number of hydrogen-bond acceptors (Lipinski definition) is 2. The molecule has 0 saturated heterocycles. The second-order valence-electron chi connectivity index (χ2n) is 4.58. The van der Waals surface area contributed by atoms with Crippen molar-refractivity contribution in [3.63, 3.8) is 0 Å². The largest absolute Gasteiger partial charge is 0.324 e. The standard InChI is InChI=1S/C15H17ClN2/c1-10-4-3-5-11(2)13(10)8-15(17)12-6-7-18-9-14(12)16/h3-7,9,15H,8,17H2,1-2H3. The predicted molar refractivity (Wildman–Crippen MR) is 75.8 cm³/mol. The molecule has 18 heavy (non-hydrogen) atoms. The minimum absolute atomic E-state index is 0.0969. The first-order valence-electron chi connectivity index (χ1n) is 5.99. The fourth-order valence-electron chi connectivity index (χ4n) is 2.19. The topological polar surface area (TPSA) is 38.9 Å². The molecule has 2 nitrogen and oxygen atoms in total. The molecule has 0 aliphatic carbocycles. The molecule has 0 aliphatic rings. The molecule has 0 aliphatic heterocycles. The van der Waals surface area contributed by atoms with Crippen LogP contribution in [0.5, 0.6) is 0 Å². The van der Waals surface area contributed by atoms with Gasteiger partial charge < -0.3 is 5.73 Å². The van der Waals surface area contributed by atoms with E-state index in [0.29, 0.717) is 5.02 Å². The summed E-state index contributed by atoms with van der Waals surface area (Å²) in [6, 6.07) is 8.09. The third kappa shape index (κ3) is 2.71. The maximum absolute atomic E-state index is 6.25. The number of nitrogens with zero attached hydrogens (tertiary/aromatic N) is 1. The maximum atomic E-state index is 6.25. The summed E-state index contributed by atoms with van der Waals surface area (Å²) in [5.74, 6) is 0. The molecule has 2 rings (SSSR count). The molecule has 1 aromatic heterocycles. The first-order chi connectivity index (χ1) is 8.59. The van der Waals surface area contributed by atoms with Crippen LogP contribution in [0.4, 0.5) is 0 Å². The van der Waals surface area contributed by atoms with Crippen LogP contribution in [-0.4, -0.2) is 4.98 Å². The Labute approximate surface area is 113 Å². The molecule has 2 aromatic rings. The summed E-state index contributed by atoms with van der Waals surface area (Å²) in [5, 5.41) is 0.635. The van der Waals surface area contributed by atoms with Gasteiger partial charge in [-0.2, -0.15) is 0 Å². The average molecular weight is 261 g/mol. The lowest BCUT2D eigenvalue weighted by Crippen LogP contribution is -2.15. The van der Waals surface area contributed by atoms with Gasteiger partial charge in [0.05, 0.1) is 5.02 Å². The SMILES string of the molecule is Cc1cccc(C)c1CC(N)c1ccncc1Cl. The van der Waals surface area contributed by atoms with Crippen molar-refractivity contribution < 1.29 is 0 Å². The Hall–Kier alpha value is -1.38. The highest BCUT2D eigenvalue weighted by atomic mass is 35.5. The smallest absolute Gasteiger partial charge is 0.0637 e. The van der Waals surface area contributed by atoms with Crippen LogP contribution in [0.15, 0.2) is 36.7 Å². The highest BCUT2D eigenvalue weighted by Gasteiger charge is 2.13. The molecule has 2 N–H and O–H groups in total. The van der Waals surface area contributed by atoms with E-state index in [1.807, 2.05) is 6.07 Å². The summed E-state index contributed by atoms with van der Waals surface area (Å²) in [7, 11) is 0. The van der Waals surface area contributed by atoms with Gasteiger partial charge in [0.15, 0.2) is 0 Å². The Morgan fingerprint density at radius 1 is 1.22 bits per heavy atom. The van der Waals surface area contributed by atoms with Crippen molar-refractivity contribution in [2.24, 2.45) is 5.73 Å². The highest BCUT2D eigenvalue weighted by molar-refractivity contribution is 6.31. The van der Waals surface area contributed by atoms with Gasteiger partial charge in [-0.3, -0.25) is 4.98 Å². The normalized spacial score (nSPS) is 12.4. The van der Waals surface area contributed by atoms with Gasteiger partial charge in [-0.1, -0.05) is 29.8 Å². The molecular weight excluding hydrogens is 244 g/mol. The summed E-state index contributed by atoms with van der Waals surface area (Å²) in [5.41, 5.74) is 11.1. The summed E-state index contributed by atoms with van der Waals surface area (Å²) >= 11 is 6.12. The van der Waals surface area contributed by atoms with Gasteiger partial charge in [-0.15, -0.1) is 0 Å². The van der Waals surface area contributed by atoms with Gasteiger partial charge in [0.2, 0.25) is 0 Å². The third-order valence-corrected chi connectivity index (χ3v) is 3.59. The Balaban J connectivity index is 2.27. The number of aromatic nitrogens is 1. The average Bonchev–Trinajstić information content (AvgIpc) is 2.34.